The molecule has 1 atom stereocenters. The van der Waals surface area contributed by atoms with Crippen LogP contribution in [0.25, 0.3) is 0 Å². The summed E-state index contributed by atoms with van der Waals surface area (Å²) in [6.45, 7) is 5.29. The first-order valence-electron chi connectivity index (χ1n) is 5.29. The van der Waals surface area contributed by atoms with E-state index in [0.29, 0.717) is 5.92 Å². The first kappa shape index (κ1) is 12.0. The Morgan fingerprint density at radius 2 is 2.27 bits per heavy atom. The number of hydrogen-bond acceptors (Lipinski definition) is 3. The van der Waals surface area contributed by atoms with Gasteiger partial charge in [-0.15, -0.1) is 0 Å². The van der Waals surface area contributed by atoms with E-state index in [2.05, 4.69) is 0 Å². The lowest BCUT2D eigenvalue weighted by molar-refractivity contribution is -0.159. The van der Waals surface area contributed by atoms with Crippen LogP contribution in [-0.4, -0.2) is 17.9 Å². The lowest BCUT2D eigenvalue weighted by Crippen LogP contribution is -2.37. The molecule has 1 aliphatic rings. The van der Waals surface area contributed by atoms with Gasteiger partial charge in [-0.1, -0.05) is 6.08 Å². The Balaban J connectivity index is 2.62. The van der Waals surface area contributed by atoms with Crippen LogP contribution in [0.1, 0.15) is 40.0 Å². The minimum absolute atomic E-state index is 0.245. The summed E-state index contributed by atoms with van der Waals surface area (Å²) < 4.78 is 5.29. The zero-order valence-corrected chi connectivity index (χ0v) is 9.58. The van der Waals surface area contributed by atoms with Gasteiger partial charge in [-0.2, -0.15) is 0 Å². The smallest absolute Gasteiger partial charge is 0.303 e. The van der Waals surface area contributed by atoms with Crippen molar-refractivity contribution in [2.24, 2.45) is 5.92 Å². The monoisotopic (exact) mass is 210 g/mol. The van der Waals surface area contributed by atoms with E-state index in [0.717, 1.165) is 31.1 Å². The van der Waals surface area contributed by atoms with Crippen molar-refractivity contribution < 1.29 is 14.3 Å². The summed E-state index contributed by atoms with van der Waals surface area (Å²) in [7, 11) is 0. The van der Waals surface area contributed by atoms with Gasteiger partial charge in [0.2, 0.25) is 0 Å². The normalized spacial score (nSPS) is 21.8. The van der Waals surface area contributed by atoms with E-state index in [-0.39, 0.29) is 5.97 Å². The molecule has 0 N–H and O–H groups in total. The second-order valence-electron chi connectivity index (χ2n) is 4.57. The summed E-state index contributed by atoms with van der Waals surface area (Å²) in [5.41, 5.74) is 0.432. The van der Waals surface area contributed by atoms with Crippen LogP contribution in [-0.2, 0) is 14.3 Å². The molecule has 0 heterocycles. The molecule has 1 aliphatic carbocycles. The van der Waals surface area contributed by atoms with Crippen LogP contribution in [0.2, 0.25) is 0 Å². The van der Waals surface area contributed by atoms with Gasteiger partial charge in [0.1, 0.15) is 11.9 Å². The number of carbonyl (C=O) groups excluding carboxylic acids is 2. The third kappa shape index (κ3) is 3.18. The van der Waals surface area contributed by atoms with Crippen molar-refractivity contribution in [2.45, 2.75) is 45.6 Å². The van der Waals surface area contributed by atoms with Gasteiger partial charge in [0.15, 0.2) is 0 Å². The summed E-state index contributed by atoms with van der Waals surface area (Å²) in [5, 5.41) is 0. The highest BCUT2D eigenvalue weighted by molar-refractivity contribution is 5.73. The molecule has 0 unspecified atom stereocenters. The van der Waals surface area contributed by atoms with E-state index in [1.807, 2.05) is 19.9 Å². The molecule has 0 aromatic rings. The Morgan fingerprint density at radius 3 is 2.67 bits per heavy atom. The summed E-state index contributed by atoms with van der Waals surface area (Å²) in [4.78, 5) is 21.5. The topological polar surface area (TPSA) is 43.4 Å². The van der Waals surface area contributed by atoms with Gasteiger partial charge in [-0.3, -0.25) is 9.59 Å². The van der Waals surface area contributed by atoms with E-state index in [9.17, 15) is 9.59 Å². The van der Waals surface area contributed by atoms with Crippen LogP contribution in [0.15, 0.2) is 11.6 Å². The molecule has 0 saturated carbocycles. The highest BCUT2D eigenvalue weighted by Crippen LogP contribution is 2.33. The molecule has 84 valence electrons. The zero-order valence-electron chi connectivity index (χ0n) is 9.58. The molecule has 3 heteroatoms. The largest absolute Gasteiger partial charge is 0.460 e. The van der Waals surface area contributed by atoms with Crippen LogP contribution in [0.3, 0.4) is 0 Å². The number of rotatable bonds is 3. The lowest BCUT2D eigenvalue weighted by Gasteiger charge is -2.35. The molecule has 0 aromatic carbocycles. The van der Waals surface area contributed by atoms with E-state index in [1.165, 1.54) is 6.92 Å². The molecule has 0 amide bonds. The molecule has 15 heavy (non-hydrogen) atoms. The molecule has 0 radical (unpaired) electrons. The fraction of sp³-hybridized carbons (Fsp3) is 0.667. The van der Waals surface area contributed by atoms with Gasteiger partial charge in [-0.05, 0) is 38.7 Å². The van der Waals surface area contributed by atoms with Gasteiger partial charge in [0.25, 0.3) is 0 Å². The van der Waals surface area contributed by atoms with E-state index < -0.39 is 5.60 Å². The Kier molecular flexibility index (Phi) is 3.66. The van der Waals surface area contributed by atoms with Gasteiger partial charge >= 0.3 is 5.97 Å². The van der Waals surface area contributed by atoms with Gasteiger partial charge in [0.05, 0.1) is 0 Å². The second kappa shape index (κ2) is 4.60. The maximum atomic E-state index is 10.9. The SMILES string of the molecule is CC(=O)OC(C)(C)[C@@H]1CC=C(C=O)CC1. The van der Waals surface area contributed by atoms with Crippen molar-refractivity contribution in [3.8, 4) is 0 Å². The predicted octanol–water partition coefficient (Wildman–Crippen LogP) is 2.25. The highest BCUT2D eigenvalue weighted by atomic mass is 16.6. The fourth-order valence-corrected chi connectivity index (χ4v) is 2.05. The molecule has 1 rings (SSSR count). The number of allylic oxidation sites excluding steroid dienone is 2. The second-order valence-corrected chi connectivity index (χ2v) is 4.57. The quantitative estimate of drug-likeness (QED) is 0.530. The maximum Gasteiger partial charge on any atom is 0.303 e. The Hall–Kier alpha value is -1.12. The molecule has 0 spiro atoms. The summed E-state index contributed by atoms with van der Waals surface area (Å²) in [6, 6.07) is 0. The fourth-order valence-electron chi connectivity index (χ4n) is 2.05. The van der Waals surface area contributed by atoms with Crippen molar-refractivity contribution in [2.75, 3.05) is 0 Å². The molecule has 0 aliphatic heterocycles. The minimum Gasteiger partial charge on any atom is -0.460 e. The highest BCUT2D eigenvalue weighted by Gasteiger charge is 2.33. The van der Waals surface area contributed by atoms with E-state index in [1.54, 1.807) is 0 Å². The Morgan fingerprint density at radius 1 is 1.60 bits per heavy atom. The van der Waals surface area contributed by atoms with Crippen LogP contribution in [0, 0.1) is 5.92 Å². The number of esters is 1. The third-order valence-corrected chi connectivity index (χ3v) is 2.99. The summed E-state index contributed by atoms with van der Waals surface area (Å²) >= 11 is 0. The van der Waals surface area contributed by atoms with Crippen molar-refractivity contribution in [1.82, 2.24) is 0 Å². The van der Waals surface area contributed by atoms with E-state index in [4.69, 9.17) is 4.74 Å². The molecule has 0 saturated heterocycles. The van der Waals surface area contributed by atoms with Crippen molar-refractivity contribution in [3.63, 3.8) is 0 Å². The van der Waals surface area contributed by atoms with Crippen LogP contribution in [0.4, 0.5) is 0 Å². The molecular formula is C12H18O3. The average Bonchev–Trinajstić information content (AvgIpc) is 2.16. The number of hydrogen-bond donors (Lipinski definition) is 0. The Bertz CT molecular complexity index is 289. The Labute approximate surface area is 90.5 Å². The summed E-state index contributed by atoms with van der Waals surface area (Å²) in [5.74, 6) is 0.0651. The average molecular weight is 210 g/mol. The van der Waals surface area contributed by atoms with E-state index >= 15 is 0 Å². The predicted molar refractivity (Wildman–Crippen MR) is 57.3 cm³/mol. The van der Waals surface area contributed by atoms with Gasteiger partial charge in [-0.25, -0.2) is 0 Å². The van der Waals surface area contributed by atoms with Crippen LogP contribution < -0.4 is 0 Å². The van der Waals surface area contributed by atoms with Gasteiger partial charge in [0, 0.05) is 12.8 Å². The number of aldehydes is 1. The number of ether oxygens (including phenoxy) is 1. The van der Waals surface area contributed by atoms with Crippen molar-refractivity contribution in [1.29, 1.82) is 0 Å². The first-order chi connectivity index (χ1) is 6.95. The van der Waals surface area contributed by atoms with Gasteiger partial charge < -0.3 is 4.74 Å². The maximum absolute atomic E-state index is 10.9. The first-order valence-corrected chi connectivity index (χ1v) is 5.29. The van der Waals surface area contributed by atoms with Crippen molar-refractivity contribution >= 4 is 12.3 Å². The van der Waals surface area contributed by atoms with Crippen LogP contribution in [0.5, 0.6) is 0 Å². The molecule has 0 bridgehead atoms. The van der Waals surface area contributed by atoms with Crippen LogP contribution >= 0.6 is 0 Å². The molecule has 3 nitrogen and oxygen atoms in total. The summed E-state index contributed by atoms with van der Waals surface area (Å²) in [6.07, 6.45) is 5.37. The minimum atomic E-state index is -0.434. The lowest BCUT2D eigenvalue weighted by atomic mass is 9.79. The number of carbonyl (C=O) groups is 2. The zero-order chi connectivity index (χ0) is 11.5. The third-order valence-electron chi connectivity index (χ3n) is 2.99. The molecular weight excluding hydrogens is 192 g/mol. The van der Waals surface area contributed by atoms with Crippen molar-refractivity contribution in [3.05, 3.63) is 11.6 Å². The standard InChI is InChI=1S/C12H18O3/c1-9(14)15-12(2,3)11-6-4-10(8-13)5-7-11/h4,8,11H,5-7H2,1-3H3/t11-/m1/s1. The molecule has 0 fully saturated rings. The molecule has 0 aromatic heterocycles.